The zero-order valence-electron chi connectivity index (χ0n) is 15.4. The molecule has 1 saturated heterocycles. The summed E-state index contributed by atoms with van der Waals surface area (Å²) in [5, 5.41) is 3.83. The van der Waals surface area contributed by atoms with Gasteiger partial charge in [-0.05, 0) is 48.9 Å². The second-order valence-electron chi connectivity index (χ2n) is 7.53. The molecule has 2 aliphatic rings. The van der Waals surface area contributed by atoms with E-state index in [0.717, 1.165) is 12.0 Å². The third kappa shape index (κ3) is 3.90. The Hall–Kier alpha value is -2.40. The number of halogens is 2. The van der Waals surface area contributed by atoms with Crippen LogP contribution in [0, 0.1) is 11.7 Å². The van der Waals surface area contributed by atoms with Crippen LogP contribution in [0.1, 0.15) is 41.1 Å². The summed E-state index contributed by atoms with van der Waals surface area (Å²) >= 11 is 6.23. The van der Waals surface area contributed by atoms with Crippen molar-refractivity contribution >= 4 is 23.4 Å². The van der Waals surface area contributed by atoms with Gasteiger partial charge in [0.1, 0.15) is 5.82 Å². The molecule has 1 heterocycles. The van der Waals surface area contributed by atoms with Gasteiger partial charge in [-0.1, -0.05) is 41.9 Å². The molecule has 1 aliphatic carbocycles. The number of piperidine rings is 1. The van der Waals surface area contributed by atoms with Gasteiger partial charge in [0.05, 0.1) is 5.56 Å². The average Bonchev–Trinajstić information content (AvgIpc) is 3.50. The smallest absolute Gasteiger partial charge is 0.256 e. The van der Waals surface area contributed by atoms with Crippen molar-refractivity contribution in [3.63, 3.8) is 0 Å². The van der Waals surface area contributed by atoms with Crippen LogP contribution in [0.5, 0.6) is 0 Å². The normalized spacial score (nSPS) is 22.0. The molecule has 4 nitrogen and oxygen atoms in total. The summed E-state index contributed by atoms with van der Waals surface area (Å²) in [6.45, 7) is 1.02. The molecule has 2 fully saturated rings. The van der Waals surface area contributed by atoms with Crippen molar-refractivity contribution in [3.05, 3.63) is 70.5 Å². The number of rotatable bonds is 4. The molecule has 146 valence electrons. The molecule has 6 heteroatoms. The summed E-state index contributed by atoms with van der Waals surface area (Å²) < 4.78 is 13.8. The van der Waals surface area contributed by atoms with Crippen LogP contribution >= 0.6 is 11.6 Å². The molecule has 0 aromatic heterocycles. The maximum Gasteiger partial charge on any atom is 0.256 e. The lowest BCUT2D eigenvalue weighted by molar-refractivity contribution is -0.123. The fourth-order valence-electron chi connectivity index (χ4n) is 3.94. The topological polar surface area (TPSA) is 49.4 Å². The third-order valence-corrected chi connectivity index (χ3v) is 6.01. The Morgan fingerprint density at radius 3 is 2.43 bits per heavy atom. The first kappa shape index (κ1) is 18.9. The number of hydrogen-bond donors (Lipinski definition) is 1. The Morgan fingerprint density at radius 1 is 1.04 bits per heavy atom. The zero-order chi connectivity index (χ0) is 19.7. The molecule has 1 aliphatic heterocycles. The molecule has 0 spiro atoms. The molecular formula is C22H22ClFN2O2. The van der Waals surface area contributed by atoms with E-state index in [1.54, 1.807) is 17.0 Å². The first-order valence-corrected chi connectivity index (χ1v) is 10.0. The standard InChI is InChI=1S/C22H22ClFN2O2/c23-19-7-3-1-5-15(19)17-13-18(17)21(27)25-14-9-11-26(12-10-14)22(28)16-6-2-4-8-20(16)24/h1-8,14,17-18H,9-13H2,(H,25,27). The summed E-state index contributed by atoms with van der Waals surface area (Å²) in [5.74, 6) is -0.565. The first-order chi connectivity index (χ1) is 13.5. The molecule has 2 amide bonds. The van der Waals surface area contributed by atoms with Crippen LogP contribution in [0.2, 0.25) is 5.02 Å². The summed E-state index contributed by atoms with van der Waals surface area (Å²) in [5.41, 5.74) is 1.14. The molecule has 2 aromatic carbocycles. The Bertz CT molecular complexity index is 896. The number of hydrogen-bond acceptors (Lipinski definition) is 2. The minimum absolute atomic E-state index is 0.0297. The fraction of sp³-hybridized carbons (Fsp3) is 0.364. The van der Waals surface area contributed by atoms with Gasteiger partial charge in [0.2, 0.25) is 5.91 Å². The van der Waals surface area contributed by atoms with E-state index in [9.17, 15) is 14.0 Å². The minimum atomic E-state index is -0.498. The summed E-state index contributed by atoms with van der Waals surface area (Å²) in [6.07, 6.45) is 2.17. The van der Waals surface area contributed by atoms with Gasteiger partial charge in [0.15, 0.2) is 0 Å². The van der Waals surface area contributed by atoms with E-state index in [2.05, 4.69) is 5.32 Å². The second-order valence-corrected chi connectivity index (χ2v) is 7.93. The van der Waals surface area contributed by atoms with Crippen molar-refractivity contribution in [1.29, 1.82) is 0 Å². The van der Waals surface area contributed by atoms with E-state index < -0.39 is 5.82 Å². The highest BCUT2D eigenvalue weighted by molar-refractivity contribution is 6.31. The van der Waals surface area contributed by atoms with Crippen LogP contribution < -0.4 is 5.32 Å². The van der Waals surface area contributed by atoms with E-state index >= 15 is 0 Å². The van der Waals surface area contributed by atoms with E-state index in [1.807, 2.05) is 24.3 Å². The lowest BCUT2D eigenvalue weighted by atomic mass is 10.0. The lowest BCUT2D eigenvalue weighted by Gasteiger charge is -2.32. The van der Waals surface area contributed by atoms with Crippen molar-refractivity contribution in [3.8, 4) is 0 Å². The van der Waals surface area contributed by atoms with Gasteiger partial charge < -0.3 is 10.2 Å². The predicted molar refractivity (Wildman–Crippen MR) is 106 cm³/mol. The van der Waals surface area contributed by atoms with Crippen LogP contribution in [0.4, 0.5) is 4.39 Å². The van der Waals surface area contributed by atoms with Crippen LogP contribution in [-0.4, -0.2) is 35.8 Å². The Balaban J connectivity index is 1.28. The molecular weight excluding hydrogens is 379 g/mol. The minimum Gasteiger partial charge on any atom is -0.353 e. The molecule has 28 heavy (non-hydrogen) atoms. The number of carbonyl (C=O) groups excluding carboxylic acids is 2. The van der Waals surface area contributed by atoms with Crippen molar-refractivity contribution in [1.82, 2.24) is 10.2 Å². The van der Waals surface area contributed by atoms with Gasteiger partial charge in [-0.2, -0.15) is 0 Å². The molecule has 4 rings (SSSR count). The lowest BCUT2D eigenvalue weighted by Crippen LogP contribution is -2.47. The van der Waals surface area contributed by atoms with Crippen molar-refractivity contribution in [2.45, 2.75) is 31.2 Å². The summed E-state index contributed by atoms with van der Waals surface area (Å²) in [6, 6.07) is 13.7. The summed E-state index contributed by atoms with van der Waals surface area (Å²) in [4.78, 5) is 26.7. The van der Waals surface area contributed by atoms with Crippen molar-refractivity contribution in [2.24, 2.45) is 5.92 Å². The predicted octanol–water partition coefficient (Wildman–Crippen LogP) is 4.00. The zero-order valence-corrected chi connectivity index (χ0v) is 16.2. The Kier molecular flexibility index (Phi) is 5.36. The molecule has 2 aromatic rings. The Labute approximate surface area is 168 Å². The third-order valence-electron chi connectivity index (χ3n) is 5.66. The molecule has 1 N–H and O–H groups in total. The number of amides is 2. The maximum absolute atomic E-state index is 13.8. The van der Waals surface area contributed by atoms with Crippen molar-refractivity contribution < 1.29 is 14.0 Å². The van der Waals surface area contributed by atoms with Gasteiger partial charge in [-0.25, -0.2) is 4.39 Å². The van der Waals surface area contributed by atoms with Gasteiger partial charge in [0.25, 0.3) is 5.91 Å². The summed E-state index contributed by atoms with van der Waals surface area (Å²) in [7, 11) is 0. The van der Waals surface area contributed by atoms with Gasteiger partial charge in [-0.3, -0.25) is 9.59 Å². The first-order valence-electron chi connectivity index (χ1n) is 9.63. The largest absolute Gasteiger partial charge is 0.353 e. The van der Waals surface area contributed by atoms with E-state index in [-0.39, 0.29) is 35.3 Å². The van der Waals surface area contributed by atoms with Crippen LogP contribution in [0.3, 0.4) is 0 Å². The number of benzene rings is 2. The quantitative estimate of drug-likeness (QED) is 0.843. The van der Waals surface area contributed by atoms with E-state index in [4.69, 9.17) is 11.6 Å². The maximum atomic E-state index is 13.8. The Morgan fingerprint density at radius 2 is 1.71 bits per heavy atom. The number of carbonyl (C=O) groups is 2. The SMILES string of the molecule is O=C(NC1CCN(C(=O)c2ccccc2F)CC1)C1CC1c1ccccc1Cl. The highest BCUT2D eigenvalue weighted by Crippen LogP contribution is 2.49. The van der Waals surface area contributed by atoms with Crippen LogP contribution in [0.25, 0.3) is 0 Å². The monoisotopic (exact) mass is 400 g/mol. The number of nitrogens with zero attached hydrogens (tertiary/aromatic N) is 1. The van der Waals surface area contributed by atoms with Gasteiger partial charge in [0, 0.05) is 30.1 Å². The molecule has 2 unspecified atom stereocenters. The molecule has 1 saturated carbocycles. The number of likely N-dealkylation sites (tertiary alicyclic amines) is 1. The van der Waals surface area contributed by atoms with Crippen LogP contribution in [-0.2, 0) is 4.79 Å². The highest BCUT2D eigenvalue weighted by atomic mass is 35.5. The van der Waals surface area contributed by atoms with E-state index in [0.29, 0.717) is 31.0 Å². The second kappa shape index (κ2) is 7.92. The van der Waals surface area contributed by atoms with Crippen molar-refractivity contribution in [2.75, 3.05) is 13.1 Å². The van der Waals surface area contributed by atoms with Gasteiger partial charge >= 0.3 is 0 Å². The number of nitrogens with one attached hydrogen (secondary N) is 1. The molecule has 2 atom stereocenters. The average molecular weight is 401 g/mol. The van der Waals surface area contributed by atoms with E-state index in [1.165, 1.54) is 12.1 Å². The van der Waals surface area contributed by atoms with Gasteiger partial charge in [-0.15, -0.1) is 0 Å². The molecule has 0 radical (unpaired) electrons. The van der Waals surface area contributed by atoms with Crippen LogP contribution in [0.15, 0.2) is 48.5 Å². The highest BCUT2D eigenvalue weighted by Gasteiger charge is 2.45. The fourth-order valence-corrected chi connectivity index (χ4v) is 4.22. The molecule has 0 bridgehead atoms.